The van der Waals surface area contributed by atoms with Gasteiger partial charge >= 0.3 is 0 Å². The molecule has 1 aromatic carbocycles. The Bertz CT molecular complexity index is 469. The van der Waals surface area contributed by atoms with Crippen LogP contribution < -0.4 is 0 Å². The predicted molar refractivity (Wildman–Crippen MR) is 88.0 cm³/mol. The molecule has 3 nitrogen and oxygen atoms in total. The standard InChI is InChI=1S/C18H26N2O/c1-3-18(21)20-14-8-12-17(20)15-19(2)13-7-11-16-9-5-4-6-10-16/h4-7,9-11,17H,3,8,12-15H2,1-2H3/b11-7+/t17-/m1/s1. The van der Waals surface area contributed by atoms with Gasteiger partial charge in [0.1, 0.15) is 0 Å². The van der Waals surface area contributed by atoms with Gasteiger partial charge in [0.15, 0.2) is 0 Å². The van der Waals surface area contributed by atoms with E-state index in [0.29, 0.717) is 18.4 Å². The van der Waals surface area contributed by atoms with E-state index in [9.17, 15) is 4.79 Å². The van der Waals surface area contributed by atoms with E-state index in [-0.39, 0.29) is 0 Å². The minimum atomic E-state index is 0.297. The van der Waals surface area contributed by atoms with Crippen molar-refractivity contribution < 1.29 is 4.79 Å². The van der Waals surface area contributed by atoms with Crippen molar-refractivity contribution in [3.63, 3.8) is 0 Å². The van der Waals surface area contributed by atoms with Gasteiger partial charge < -0.3 is 9.80 Å². The van der Waals surface area contributed by atoms with Crippen LogP contribution in [0.5, 0.6) is 0 Å². The normalized spacial score (nSPS) is 18.8. The SMILES string of the molecule is CCC(=O)N1CCC[C@@H]1CN(C)C/C=C/c1ccccc1. The Hall–Kier alpha value is -1.61. The highest BCUT2D eigenvalue weighted by Crippen LogP contribution is 2.18. The Balaban J connectivity index is 1.80. The van der Waals surface area contributed by atoms with Gasteiger partial charge in [0.2, 0.25) is 5.91 Å². The fraction of sp³-hybridized carbons (Fsp3) is 0.500. The summed E-state index contributed by atoms with van der Waals surface area (Å²) in [5.41, 5.74) is 1.23. The van der Waals surface area contributed by atoms with Crippen LogP contribution in [0.2, 0.25) is 0 Å². The number of hydrogen-bond acceptors (Lipinski definition) is 2. The van der Waals surface area contributed by atoms with Crippen molar-refractivity contribution in [2.24, 2.45) is 0 Å². The molecule has 0 bridgehead atoms. The van der Waals surface area contributed by atoms with Gasteiger partial charge in [-0.2, -0.15) is 0 Å². The molecule has 0 aliphatic carbocycles. The van der Waals surface area contributed by atoms with Crippen LogP contribution in [0.3, 0.4) is 0 Å². The number of nitrogens with zero attached hydrogens (tertiary/aromatic N) is 2. The fourth-order valence-corrected chi connectivity index (χ4v) is 2.92. The summed E-state index contributed by atoms with van der Waals surface area (Å²) in [6, 6.07) is 10.7. The second-order valence-corrected chi connectivity index (χ2v) is 5.77. The number of rotatable bonds is 6. The largest absolute Gasteiger partial charge is 0.338 e. The molecular formula is C18H26N2O. The van der Waals surface area contributed by atoms with Crippen LogP contribution in [-0.4, -0.2) is 48.4 Å². The zero-order valence-electron chi connectivity index (χ0n) is 13.2. The third-order valence-electron chi connectivity index (χ3n) is 4.05. The van der Waals surface area contributed by atoms with Gasteiger partial charge in [-0.25, -0.2) is 0 Å². The lowest BCUT2D eigenvalue weighted by Crippen LogP contribution is -2.42. The first kappa shape index (κ1) is 15.8. The molecule has 1 aromatic rings. The monoisotopic (exact) mass is 286 g/mol. The summed E-state index contributed by atoms with van der Waals surface area (Å²) in [7, 11) is 2.13. The summed E-state index contributed by atoms with van der Waals surface area (Å²) in [5, 5.41) is 0. The molecule has 1 heterocycles. The van der Waals surface area contributed by atoms with Crippen molar-refractivity contribution in [2.75, 3.05) is 26.7 Å². The smallest absolute Gasteiger partial charge is 0.222 e. The molecule has 0 unspecified atom stereocenters. The summed E-state index contributed by atoms with van der Waals surface area (Å²) in [4.78, 5) is 16.3. The van der Waals surface area contributed by atoms with Crippen molar-refractivity contribution in [3.05, 3.63) is 42.0 Å². The minimum absolute atomic E-state index is 0.297. The summed E-state index contributed by atoms with van der Waals surface area (Å²) >= 11 is 0. The van der Waals surface area contributed by atoms with Crippen LogP contribution in [-0.2, 0) is 4.79 Å². The molecule has 21 heavy (non-hydrogen) atoms. The Labute approximate surface area is 128 Å². The van der Waals surface area contributed by atoms with Crippen LogP contribution in [0.4, 0.5) is 0 Å². The highest BCUT2D eigenvalue weighted by Gasteiger charge is 2.28. The first-order valence-electron chi connectivity index (χ1n) is 7.90. The summed E-state index contributed by atoms with van der Waals surface area (Å²) in [5.74, 6) is 0.297. The highest BCUT2D eigenvalue weighted by molar-refractivity contribution is 5.76. The molecule has 114 valence electrons. The topological polar surface area (TPSA) is 23.6 Å². The maximum absolute atomic E-state index is 11.9. The van der Waals surface area contributed by atoms with E-state index in [1.165, 1.54) is 5.56 Å². The summed E-state index contributed by atoms with van der Waals surface area (Å²) in [6.45, 7) is 4.76. The van der Waals surface area contributed by atoms with Gasteiger partial charge in [-0.1, -0.05) is 49.4 Å². The maximum Gasteiger partial charge on any atom is 0.222 e. The third-order valence-corrected chi connectivity index (χ3v) is 4.05. The van der Waals surface area contributed by atoms with E-state index in [1.807, 2.05) is 13.0 Å². The molecule has 1 aliphatic rings. The van der Waals surface area contributed by atoms with E-state index in [2.05, 4.69) is 53.3 Å². The van der Waals surface area contributed by atoms with Crippen LogP contribution in [0.25, 0.3) is 6.08 Å². The Morgan fingerprint density at radius 1 is 1.38 bits per heavy atom. The zero-order valence-corrected chi connectivity index (χ0v) is 13.2. The van der Waals surface area contributed by atoms with Crippen molar-refractivity contribution in [3.8, 4) is 0 Å². The number of carbonyl (C=O) groups is 1. The molecule has 1 amide bonds. The molecule has 1 aliphatic heterocycles. The van der Waals surface area contributed by atoms with Gasteiger partial charge in [-0.05, 0) is 25.5 Å². The second kappa shape index (κ2) is 7.99. The van der Waals surface area contributed by atoms with Crippen LogP contribution >= 0.6 is 0 Å². The Morgan fingerprint density at radius 2 is 2.14 bits per heavy atom. The summed E-state index contributed by atoms with van der Waals surface area (Å²) in [6.07, 6.45) is 7.24. The number of hydrogen-bond donors (Lipinski definition) is 0. The first-order valence-corrected chi connectivity index (χ1v) is 7.90. The lowest BCUT2D eigenvalue weighted by molar-refractivity contribution is -0.131. The van der Waals surface area contributed by atoms with Crippen molar-refractivity contribution in [1.29, 1.82) is 0 Å². The van der Waals surface area contributed by atoms with Crippen LogP contribution in [0.15, 0.2) is 36.4 Å². The number of amides is 1. The lowest BCUT2D eigenvalue weighted by atomic mass is 10.2. The average Bonchev–Trinajstić information content (AvgIpc) is 2.95. The van der Waals surface area contributed by atoms with E-state index in [1.54, 1.807) is 0 Å². The van der Waals surface area contributed by atoms with E-state index in [0.717, 1.165) is 32.5 Å². The molecule has 2 rings (SSSR count). The fourth-order valence-electron chi connectivity index (χ4n) is 2.92. The Kier molecular flexibility index (Phi) is 6.00. The molecule has 3 heteroatoms. The highest BCUT2D eigenvalue weighted by atomic mass is 16.2. The Morgan fingerprint density at radius 3 is 2.86 bits per heavy atom. The van der Waals surface area contributed by atoms with Crippen molar-refractivity contribution in [2.45, 2.75) is 32.2 Å². The molecule has 0 N–H and O–H groups in total. The number of carbonyl (C=O) groups excluding carboxylic acids is 1. The minimum Gasteiger partial charge on any atom is -0.338 e. The number of likely N-dealkylation sites (tertiary alicyclic amines) is 1. The average molecular weight is 286 g/mol. The third kappa shape index (κ3) is 4.71. The van der Waals surface area contributed by atoms with E-state index in [4.69, 9.17) is 0 Å². The van der Waals surface area contributed by atoms with Gasteiger partial charge in [0.05, 0.1) is 0 Å². The maximum atomic E-state index is 11.9. The van der Waals surface area contributed by atoms with Crippen molar-refractivity contribution >= 4 is 12.0 Å². The summed E-state index contributed by atoms with van der Waals surface area (Å²) < 4.78 is 0. The van der Waals surface area contributed by atoms with Crippen molar-refractivity contribution in [1.82, 2.24) is 9.80 Å². The van der Waals surface area contributed by atoms with Gasteiger partial charge in [0.25, 0.3) is 0 Å². The first-order chi connectivity index (χ1) is 10.2. The quantitative estimate of drug-likeness (QED) is 0.802. The van der Waals surface area contributed by atoms with Gasteiger partial charge in [-0.3, -0.25) is 4.79 Å². The lowest BCUT2D eigenvalue weighted by Gasteiger charge is -2.28. The molecule has 0 saturated carbocycles. The van der Waals surface area contributed by atoms with E-state index < -0.39 is 0 Å². The predicted octanol–water partition coefficient (Wildman–Crippen LogP) is 3.03. The molecule has 0 radical (unpaired) electrons. The van der Waals surface area contributed by atoms with Crippen LogP contribution in [0, 0.1) is 0 Å². The van der Waals surface area contributed by atoms with E-state index >= 15 is 0 Å². The molecule has 0 spiro atoms. The molecule has 1 fully saturated rings. The zero-order chi connectivity index (χ0) is 15.1. The van der Waals surface area contributed by atoms with Gasteiger partial charge in [-0.15, -0.1) is 0 Å². The number of benzene rings is 1. The number of likely N-dealkylation sites (N-methyl/N-ethyl adjacent to an activating group) is 1. The second-order valence-electron chi connectivity index (χ2n) is 5.77. The molecule has 1 atom stereocenters. The molecule has 0 aromatic heterocycles. The molecular weight excluding hydrogens is 260 g/mol. The van der Waals surface area contributed by atoms with Gasteiger partial charge in [0, 0.05) is 32.1 Å². The van der Waals surface area contributed by atoms with Crippen LogP contribution in [0.1, 0.15) is 31.7 Å². The molecule has 1 saturated heterocycles.